The number of hydrogen-bond donors (Lipinski definition) is 0. The molecule has 2 rings (SSSR count). The number of methoxy groups -OCH3 is 1. The molecular weight excluding hydrogens is 210 g/mol. The van der Waals surface area contributed by atoms with Crippen LogP contribution in [0, 0.1) is 0 Å². The van der Waals surface area contributed by atoms with E-state index in [2.05, 4.69) is 4.98 Å². The van der Waals surface area contributed by atoms with Gasteiger partial charge in [-0.2, -0.15) is 0 Å². The SMILES string of the molecule is COc1ccccc1-c1cnc(C=O)s1. The Morgan fingerprint density at radius 2 is 2.20 bits per heavy atom. The number of ether oxygens (including phenoxy) is 1. The van der Waals surface area contributed by atoms with Crippen LogP contribution in [0.4, 0.5) is 0 Å². The number of thiazole rings is 1. The van der Waals surface area contributed by atoms with Crippen LogP contribution in [0.2, 0.25) is 0 Å². The molecule has 2 aromatic rings. The van der Waals surface area contributed by atoms with Crippen molar-refractivity contribution >= 4 is 17.6 Å². The first-order chi connectivity index (χ1) is 7.35. The van der Waals surface area contributed by atoms with Gasteiger partial charge in [-0.15, -0.1) is 11.3 Å². The summed E-state index contributed by atoms with van der Waals surface area (Å²) >= 11 is 1.36. The fraction of sp³-hybridized carbons (Fsp3) is 0.0909. The second-order valence-electron chi connectivity index (χ2n) is 2.88. The maximum Gasteiger partial charge on any atom is 0.178 e. The summed E-state index contributed by atoms with van der Waals surface area (Å²) in [5.41, 5.74) is 0.964. The van der Waals surface area contributed by atoms with Crippen molar-refractivity contribution in [1.82, 2.24) is 4.98 Å². The summed E-state index contributed by atoms with van der Waals surface area (Å²) in [5, 5.41) is 0.482. The fourth-order valence-electron chi connectivity index (χ4n) is 1.31. The van der Waals surface area contributed by atoms with Gasteiger partial charge < -0.3 is 4.74 Å². The van der Waals surface area contributed by atoms with Crippen LogP contribution in [0.5, 0.6) is 5.75 Å². The van der Waals surface area contributed by atoms with Crippen LogP contribution in [-0.2, 0) is 0 Å². The lowest BCUT2D eigenvalue weighted by molar-refractivity contribution is 0.112. The summed E-state index contributed by atoms with van der Waals surface area (Å²) in [6.07, 6.45) is 2.44. The number of aromatic nitrogens is 1. The lowest BCUT2D eigenvalue weighted by Crippen LogP contribution is -1.84. The highest BCUT2D eigenvalue weighted by molar-refractivity contribution is 7.16. The highest BCUT2D eigenvalue weighted by Gasteiger charge is 2.08. The van der Waals surface area contributed by atoms with Crippen LogP contribution in [0.3, 0.4) is 0 Å². The van der Waals surface area contributed by atoms with Crippen molar-refractivity contribution in [1.29, 1.82) is 0 Å². The number of carbonyl (C=O) groups excluding carboxylic acids is 1. The van der Waals surface area contributed by atoms with E-state index in [9.17, 15) is 4.79 Å². The molecule has 0 N–H and O–H groups in total. The quantitative estimate of drug-likeness (QED) is 0.745. The number of hydrogen-bond acceptors (Lipinski definition) is 4. The van der Waals surface area contributed by atoms with E-state index in [0.29, 0.717) is 5.01 Å². The molecular formula is C11H9NO2S. The molecule has 0 amide bonds. The van der Waals surface area contributed by atoms with Gasteiger partial charge >= 0.3 is 0 Å². The fourth-order valence-corrected chi connectivity index (χ4v) is 2.08. The average molecular weight is 219 g/mol. The van der Waals surface area contributed by atoms with Crippen molar-refractivity contribution in [3.05, 3.63) is 35.5 Å². The molecule has 0 unspecified atom stereocenters. The third kappa shape index (κ3) is 1.89. The minimum Gasteiger partial charge on any atom is -0.496 e. The van der Waals surface area contributed by atoms with Gasteiger partial charge in [-0.3, -0.25) is 4.79 Å². The Morgan fingerprint density at radius 3 is 2.87 bits per heavy atom. The Labute approximate surface area is 91.4 Å². The molecule has 0 spiro atoms. The third-order valence-electron chi connectivity index (χ3n) is 2.00. The van der Waals surface area contributed by atoms with Crippen molar-refractivity contribution in [3.63, 3.8) is 0 Å². The van der Waals surface area contributed by atoms with Crippen LogP contribution in [0.15, 0.2) is 30.5 Å². The maximum atomic E-state index is 10.5. The van der Waals surface area contributed by atoms with Gasteiger partial charge in [-0.1, -0.05) is 12.1 Å². The molecule has 0 aliphatic carbocycles. The van der Waals surface area contributed by atoms with Crippen molar-refractivity contribution < 1.29 is 9.53 Å². The molecule has 3 nitrogen and oxygen atoms in total. The molecule has 15 heavy (non-hydrogen) atoms. The molecule has 1 heterocycles. The van der Waals surface area contributed by atoms with E-state index >= 15 is 0 Å². The summed E-state index contributed by atoms with van der Waals surface area (Å²) < 4.78 is 5.23. The molecule has 0 atom stereocenters. The van der Waals surface area contributed by atoms with E-state index in [0.717, 1.165) is 22.5 Å². The van der Waals surface area contributed by atoms with Crippen molar-refractivity contribution in [3.8, 4) is 16.2 Å². The molecule has 0 fully saturated rings. The Hall–Kier alpha value is -1.68. The smallest absolute Gasteiger partial charge is 0.178 e. The molecule has 0 saturated carbocycles. The van der Waals surface area contributed by atoms with Crippen LogP contribution in [0.25, 0.3) is 10.4 Å². The predicted octanol–water partition coefficient (Wildman–Crippen LogP) is 2.63. The van der Waals surface area contributed by atoms with Crippen LogP contribution in [0.1, 0.15) is 9.80 Å². The summed E-state index contributed by atoms with van der Waals surface area (Å²) in [6.45, 7) is 0. The topological polar surface area (TPSA) is 39.2 Å². The molecule has 0 radical (unpaired) electrons. The van der Waals surface area contributed by atoms with E-state index in [1.807, 2.05) is 24.3 Å². The summed E-state index contributed by atoms with van der Waals surface area (Å²) in [4.78, 5) is 15.4. The van der Waals surface area contributed by atoms with Crippen LogP contribution in [-0.4, -0.2) is 18.4 Å². The molecule has 0 aliphatic rings. The Bertz CT molecular complexity index is 479. The highest BCUT2D eigenvalue weighted by Crippen LogP contribution is 2.32. The Morgan fingerprint density at radius 1 is 1.40 bits per heavy atom. The molecule has 1 aromatic heterocycles. The molecule has 1 aromatic carbocycles. The van der Waals surface area contributed by atoms with E-state index in [4.69, 9.17) is 4.74 Å². The zero-order valence-corrected chi connectivity index (χ0v) is 8.95. The number of carbonyl (C=O) groups is 1. The summed E-state index contributed by atoms with van der Waals surface area (Å²) in [5.74, 6) is 0.790. The maximum absolute atomic E-state index is 10.5. The third-order valence-corrected chi connectivity index (χ3v) is 2.95. The van der Waals surface area contributed by atoms with Gasteiger partial charge in [0.15, 0.2) is 11.3 Å². The summed E-state index contributed by atoms with van der Waals surface area (Å²) in [6, 6.07) is 7.67. The average Bonchev–Trinajstić information content (AvgIpc) is 2.77. The lowest BCUT2D eigenvalue weighted by atomic mass is 10.2. The van der Waals surface area contributed by atoms with E-state index < -0.39 is 0 Å². The molecule has 4 heteroatoms. The number of benzene rings is 1. The zero-order valence-electron chi connectivity index (χ0n) is 8.14. The molecule has 0 aliphatic heterocycles. The van der Waals surface area contributed by atoms with E-state index in [-0.39, 0.29) is 0 Å². The number of rotatable bonds is 3. The number of nitrogens with zero attached hydrogens (tertiary/aromatic N) is 1. The van der Waals surface area contributed by atoms with Crippen LogP contribution >= 0.6 is 11.3 Å². The standard InChI is InChI=1S/C11H9NO2S/c1-14-9-5-3-2-4-8(9)10-6-12-11(7-13)15-10/h2-7H,1H3. The first-order valence-electron chi connectivity index (χ1n) is 4.39. The second kappa shape index (κ2) is 4.23. The minimum absolute atomic E-state index is 0.482. The van der Waals surface area contributed by atoms with Crippen LogP contribution < -0.4 is 4.74 Å². The van der Waals surface area contributed by atoms with Gasteiger partial charge in [-0.05, 0) is 12.1 Å². The van der Waals surface area contributed by atoms with Crippen molar-refractivity contribution in [2.75, 3.05) is 7.11 Å². The van der Waals surface area contributed by atoms with Gasteiger partial charge in [0.05, 0.1) is 12.0 Å². The minimum atomic E-state index is 0.482. The largest absolute Gasteiger partial charge is 0.496 e. The highest BCUT2D eigenvalue weighted by atomic mass is 32.1. The Balaban J connectivity index is 2.48. The normalized spacial score (nSPS) is 9.93. The zero-order chi connectivity index (χ0) is 10.7. The van der Waals surface area contributed by atoms with E-state index in [1.54, 1.807) is 13.3 Å². The molecule has 76 valence electrons. The van der Waals surface area contributed by atoms with Crippen molar-refractivity contribution in [2.45, 2.75) is 0 Å². The lowest BCUT2D eigenvalue weighted by Gasteiger charge is -2.04. The monoisotopic (exact) mass is 219 g/mol. The summed E-state index contributed by atoms with van der Waals surface area (Å²) in [7, 11) is 1.63. The first-order valence-corrected chi connectivity index (χ1v) is 5.21. The van der Waals surface area contributed by atoms with Crippen molar-refractivity contribution in [2.24, 2.45) is 0 Å². The predicted molar refractivity (Wildman–Crippen MR) is 59.5 cm³/mol. The van der Waals surface area contributed by atoms with E-state index in [1.165, 1.54) is 11.3 Å². The van der Waals surface area contributed by atoms with Gasteiger partial charge in [0.25, 0.3) is 0 Å². The Kier molecular flexibility index (Phi) is 2.78. The second-order valence-corrected chi connectivity index (χ2v) is 3.94. The first kappa shape index (κ1) is 9.86. The number of aldehydes is 1. The van der Waals surface area contributed by atoms with Gasteiger partial charge in [0.1, 0.15) is 5.75 Å². The van der Waals surface area contributed by atoms with Gasteiger partial charge in [0.2, 0.25) is 0 Å². The van der Waals surface area contributed by atoms with Gasteiger partial charge in [0, 0.05) is 11.8 Å². The molecule has 0 bridgehead atoms. The van der Waals surface area contributed by atoms with Gasteiger partial charge in [-0.25, -0.2) is 4.98 Å². The molecule has 0 saturated heterocycles. The number of para-hydroxylation sites is 1.